The first-order valence-corrected chi connectivity index (χ1v) is 10.2. The summed E-state index contributed by atoms with van der Waals surface area (Å²) in [7, 11) is 0. The second-order valence-electron chi connectivity index (χ2n) is 8.24. The van der Waals surface area contributed by atoms with Crippen LogP contribution < -0.4 is 0 Å². The zero-order chi connectivity index (χ0) is 19.7. The predicted octanol–water partition coefficient (Wildman–Crippen LogP) is 4.28. The van der Waals surface area contributed by atoms with Gasteiger partial charge >= 0.3 is 5.97 Å². The number of aromatic carboxylic acids is 1. The Morgan fingerprint density at radius 1 is 1.04 bits per heavy atom. The molecule has 0 spiro atoms. The zero-order valence-electron chi connectivity index (χ0n) is 16.3. The van der Waals surface area contributed by atoms with Gasteiger partial charge in [-0.3, -0.25) is 4.79 Å². The number of likely N-dealkylation sites (tertiary alicyclic amines) is 1. The summed E-state index contributed by atoms with van der Waals surface area (Å²) in [5, 5.41) is 9.36. The van der Waals surface area contributed by atoms with Gasteiger partial charge in [-0.25, -0.2) is 4.79 Å². The van der Waals surface area contributed by atoms with E-state index in [1.54, 1.807) is 12.1 Å². The van der Waals surface area contributed by atoms with Gasteiger partial charge in [0.1, 0.15) is 0 Å². The fourth-order valence-corrected chi connectivity index (χ4v) is 4.62. The summed E-state index contributed by atoms with van der Waals surface area (Å²) in [5.74, 6) is 0.409. The molecule has 146 valence electrons. The van der Waals surface area contributed by atoms with Crippen LogP contribution in [0.4, 0.5) is 0 Å². The van der Waals surface area contributed by atoms with Gasteiger partial charge in [-0.05, 0) is 67.2 Å². The Morgan fingerprint density at radius 2 is 1.71 bits per heavy atom. The molecule has 1 saturated heterocycles. The van der Waals surface area contributed by atoms with Gasteiger partial charge in [-0.2, -0.15) is 0 Å². The number of carboxylic acids is 1. The van der Waals surface area contributed by atoms with E-state index in [9.17, 15) is 14.7 Å². The molecule has 28 heavy (non-hydrogen) atoms. The second kappa shape index (κ2) is 7.78. The molecule has 0 bridgehead atoms. The number of amides is 1. The third-order valence-corrected chi connectivity index (χ3v) is 6.38. The third kappa shape index (κ3) is 3.82. The smallest absolute Gasteiger partial charge is 0.335 e. The van der Waals surface area contributed by atoms with Crippen molar-refractivity contribution in [3.05, 3.63) is 70.8 Å². The van der Waals surface area contributed by atoms with Gasteiger partial charge in [-0.1, -0.05) is 42.5 Å². The van der Waals surface area contributed by atoms with Crippen molar-refractivity contribution in [2.45, 2.75) is 38.5 Å². The van der Waals surface area contributed by atoms with Gasteiger partial charge in [0.25, 0.3) is 0 Å². The number of nitrogens with zero attached hydrogens (tertiary/aromatic N) is 1. The number of benzene rings is 2. The maximum atomic E-state index is 12.9. The summed E-state index contributed by atoms with van der Waals surface area (Å²) >= 11 is 0. The van der Waals surface area contributed by atoms with Crippen molar-refractivity contribution in [2.75, 3.05) is 13.1 Å². The Morgan fingerprint density at radius 3 is 2.43 bits per heavy atom. The Kier molecular flexibility index (Phi) is 5.21. The SMILES string of the molecule is Cc1ccccc1C1CC1C(=O)N1CCC(Cc2ccccc2C(=O)O)CC1. The van der Waals surface area contributed by atoms with Crippen molar-refractivity contribution in [1.82, 2.24) is 4.90 Å². The van der Waals surface area contributed by atoms with E-state index in [0.29, 0.717) is 23.3 Å². The molecular weight excluding hydrogens is 350 g/mol. The predicted molar refractivity (Wildman–Crippen MR) is 108 cm³/mol. The maximum absolute atomic E-state index is 12.9. The van der Waals surface area contributed by atoms with Crippen molar-refractivity contribution < 1.29 is 14.7 Å². The topological polar surface area (TPSA) is 57.6 Å². The van der Waals surface area contributed by atoms with Gasteiger partial charge < -0.3 is 10.0 Å². The molecule has 2 atom stereocenters. The molecule has 1 saturated carbocycles. The number of rotatable bonds is 5. The van der Waals surface area contributed by atoms with Gasteiger partial charge in [-0.15, -0.1) is 0 Å². The summed E-state index contributed by atoms with van der Waals surface area (Å²) < 4.78 is 0. The number of carbonyl (C=O) groups excluding carboxylic acids is 1. The molecule has 1 aliphatic heterocycles. The van der Waals surface area contributed by atoms with Crippen LogP contribution in [0.1, 0.15) is 52.2 Å². The first kappa shape index (κ1) is 18.7. The molecule has 4 rings (SSSR count). The van der Waals surface area contributed by atoms with E-state index in [1.165, 1.54) is 11.1 Å². The number of carboxylic acid groups (broad SMARTS) is 1. The largest absolute Gasteiger partial charge is 0.478 e. The summed E-state index contributed by atoms with van der Waals surface area (Å²) in [6.07, 6.45) is 3.64. The summed E-state index contributed by atoms with van der Waals surface area (Å²) in [6.45, 7) is 3.70. The molecule has 1 aliphatic carbocycles. The van der Waals surface area contributed by atoms with Crippen molar-refractivity contribution in [3.8, 4) is 0 Å². The van der Waals surface area contributed by atoms with Gasteiger partial charge in [0.2, 0.25) is 5.91 Å². The molecular formula is C24H27NO3. The molecule has 2 unspecified atom stereocenters. The molecule has 1 heterocycles. The number of hydrogen-bond donors (Lipinski definition) is 1. The van der Waals surface area contributed by atoms with Crippen molar-refractivity contribution in [1.29, 1.82) is 0 Å². The normalized spacial score (nSPS) is 22.1. The van der Waals surface area contributed by atoms with Crippen molar-refractivity contribution in [3.63, 3.8) is 0 Å². The summed E-state index contributed by atoms with van der Waals surface area (Å²) in [6, 6.07) is 15.6. The zero-order valence-corrected chi connectivity index (χ0v) is 16.3. The van der Waals surface area contributed by atoms with E-state index >= 15 is 0 Å². The first-order valence-electron chi connectivity index (χ1n) is 10.2. The van der Waals surface area contributed by atoms with Gasteiger partial charge in [0.05, 0.1) is 5.56 Å². The minimum atomic E-state index is -0.862. The Hall–Kier alpha value is -2.62. The van der Waals surface area contributed by atoms with E-state index in [4.69, 9.17) is 0 Å². The highest BCUT2D eigenvalue weighted by Gasteiger charge is 2.46. The number of carbonyl (C=O) groups is 2. The van der Waals surface area contributed by atoms with Crippen LogP contribution in [0.15, 0.2) is 48.5 Å². The minimum Gasteiger partial charge on any atom is -0.478 e. The van der Waals surface area contributed by atoms with Gasteiger partial charge in [0.15, 0.2) is 0 Å². The molecule has 0 aromatic heterocycles. The lowest BCUT2D eigenvalue weighted by Gasteiger charge is -2.32. The van der Waals surface area contributed by atoms with Crippen LogP contribution in [-0.2, 0) is 11.2 Å². The fraction of sp³-hybridized carbons (Fsp3) is 0.417. The molecule has 4 heteroatoms. The Bertz CT molecular complexity index is 883. The van der Waals surface area contributed by atoms with Gasteiger partial charge in [0, 0.05) is 19.0 Å². The molecule has 2 fully saturated rings. The minimum absolute atomic E-state index is 0.144. The second-order valence-corrected chi connectivity index (χ2v) is 8.24. The average molecular weight is 377 g/mol. The third-order valence-electron chi connectivity index (χ3n) is 6.38. The van der Waals surface area contributed by atoms with Crippen LogP contribution in [0.25, 0.3) is 0 Å². The van der Waals surface area contributed by atoms with Crippen molar-refractivity contribution in [2.24, 2.45) is 11.8 Å². The Balaban J connectivity index is 1.32. The molecule has 1 N–H and O–H groups in total. The average Bonchev–Trinajstić information content (AvgIpc) is 3.49. The molecule has 2 aromatic carbocycles. The molecule has 1 amide bonds. The monoisotopic (exact) mass is 377 g/mol. The van der Waals surface area contributed by atoms with E-state index in [0.717, 1.165) is 44.3 Å². The van der Waals surface area contributed by atoms with E-state index in [1.807, 2.05) is 23.1 Å². The fourth-order valence-electron chi connectivity index (χ4n) is 4.62. The van der Waals surface area contributed by atoms with Crippen LogP contribution in [0.2, 0.25) is 0 Å². The van der Waals surface area contributed by atoms with E-state index in [2.05, 4.69) is 25.1 Å². The van der Waals surface area contributed by atoms with E-state index in [-0.39, 0.29) is 5.92 Å². The molecule has 2 aromatic rings. The van der Waals surface area contributed by atoms with Crippen LogP contribution in [0.3, 0.4) is 0 Å². The summed E-state index contributed by atoms with van der Waals surface area (Å²) in [4.78, 5) is 26.3. The lowest BCUT2D eigenvalue weighted by atomic mass is 9.88. The summed E-state index contributed by atoms with van der Waals surface area (Å²) in [5.41, 5.74) is 3.90. The number of aryl methyl sites for hydroxylation is 1. The number of hydrogen-bond acceptors (Lipinski definition) is 2. The highest BCUT2D eigenvalue weighted by Crippen LogP contribution is 2.49. The van der Waals surface area contributed by atoms with Crippen LogP contribution in [-0.4, -0.2) is 35.0 Å². The lowest BCUT2D eigenvalue weighted by molar-refractivity contribution is -0.134. The van der Waals surface area contributed by atoms with Crippen LogP contribution >= 0.6 is 0 Å². The Labute approximate surface area is 166 Å². The highest BCUT2D eigenvalue weighted by atomic mass is 16.4. The maximum Gasteiger partial charge on any atom is 0.335 e. The number of piperidine rings is 1. The lowest BCUT2D eigenvalue weighted by Crippen LogP contribution is -2.40. The quantitative estimate of drug-likeness (QED) is 0.846. The molecule has 4 nitrogen and oxygen atoms in total. The highest BCUT2D eigenvalue weighted by molar-refractivity contribution is 5.89. The first-order chi connectivity index (χ1) is 13.5. The van der Waals surface area contributed by atoms with Crippen LogP contribution in [0, 0.1) is 18.8 Å². The van der Waals surface area contributed by atoms with Crippen LogP contribution in [0.5, 0.6) is 0 Å². The standard InChI is InChI=1S/C24H27NO3/c1-16-6-2-4-8-19(16)21-15-22(21)23(26)25-12-10-17(11-13-25)14-18-7-3-5-9-20(18)24(27)28/h2-9,17,21-22H,10-15H2,1H3,(H,27,28). The molecule has 2 aliphatic rings. The van der Waals surface area contributed by atoms with Crippen molar-refractivity contribution >= 4 is 11.9 Å². The van der Waals surface area contributed by atoms with E-state index < -0.39 is 5.97 Å². The molecule has 0 radical (unpaired) electrons.